The molecule has 0 aliphatic carbocycles. The summed E-state index contributed by atoms with van der Waals surface area (Å²) in [5.41, 5.74) is 0. The van der Waals surface area contributed by atoms with Gasteiger partial charge in [-0.2, -0.15) is 0 Å². The maximum absolute atomic E-state index is 8.88. The SMILES string of the molecule is F.O=P(O)(O)O.[CaH2].[NaH]. The fourth-order valence-electron chi connectivity index (χ4n) is 0. The molecule has 0 fully saturated rings. The van der Waals surface area contributed by atoms with Crippen molar-refractivity contribution in [1.29, 1.82) is 0 Å². The summed E-state index contributed by atoms with van der Waals surface area (Å²) in [6, 6.07) is 0. The van der Waals surface area contributed by atoms with Gasteiger partial charge < -0.3 is 14.7 Å². The molecule has 8 heteroatoms. The summed E-state index contributed by atoms with van der Waals surface area (Å²) in [6.07, 6.45) is 0. The normalized spacial score (nSPS) is 7.38. The Morgan fingerprint density at radius 2 is 1.12 bits per heavy atom. The average Bonchev–Trinajstić information content (AvgIpc) is 0.722. The van der Waals surface area contributed by atoms with Crippen LogP contribution >= 0.6 is 7.82 Å². The van der Waals surface area contributed by atoms with Gasteiger partial charge in [0.2, 0.25) is 0 Å². The molecular weight excluding hydrogens is 177 g/mol. The van der Waals surface area contributed by atoms with Crippen molar-refractivity contribution in [2.45, 2.75) is 0 Å². The molecular formula is H7CaFNaO4P. The van der Waals surface area contributed by atoms with Crippen LogP contribution in [0.5, 0.6) is 0 Å². The van der Waals surface area contributed by atoms with E-state index in [0.29, 0.717) is 0 Å². The van der Waals surface area contributed by atoms with Gasteiger partial charge in [-0.1, -0.05) is 0 Å². The first kappa shape index (κ1) is 22.4. The molecule has 0 atom stereocenters. The molecule has 0 spiro atoms. The van der Waals surface area contributed by atoms with E-state index in [9.17, 15) is 0 Å². The molecule has 0 amide bonds. The summed E-state index contributed by atoms with van der Waals surface area (Å²) in [7, 11) is -4.64. The second kappa shape index (κ2) is 9.30. The number of rotatable bonds is 0. The van der Waals surface area contributed by atoms with Gasteiger partial charge in [0.1, 0.15) is 0 Å². The molecule has 0 saturated carbocycles. The van der Waals surface area contributed by atoms with E-state index in [4.69, 9.17) is 19.2 Å². The Bertz CT molecular complexity index is 62.2. The van der Waals surface area contributed by atoms with Crippen LogP contribution in [-0.4, -0.2) is 82.0 Å². The van der Waals surface area contributed by atoms with Crippen molar-refractivity contribution < 1.29 is 23.9 Å². The van der Waals surface area contributed by atoms with Crippen LogP contribution in [0, 0.1) is 0 Å². The molecule has 0 aromatic carbocycles. The van der Waals surface area contributed by atoms with E-state index in [-0.39, 0.29) is 72.0 Å². The van der Waals surface area contributed by atoms with Crippen molar-refractivity contribution in [3.8, 4) is 0 Å². The van der Waals surface area contributed by atoms with Gasteiger partial charge in [-0.3, -0.25) is 4.70 Å². The Hall–Kier alpha value is 2.30. The van der Waals surface area contributed by atoms with E-state index >= 15 is 0 Å². The summed E-state index contributed by atoms with van der Waals surface area (Å²) in [4.78, 5) is 21.6. The van der Waals surface area contributed by atoms with Gasteiger partial charge in [0.25, 0.3) is 0 Å². The third-order valence-corrected chi connectivity index (χ3v) is 0. The Labute approximate surface area is 97.6 Å². The molecule has 0 aliphatic heterocycles. The molecule has 0 saturated heterocycles. The number of halogens is 1. The number of hydrogen-bond acceptors (Lipinski definition) is 1. The summed E-state index contributed by atoms with van der Waals surface area (Å²) in [5.74, 6) is 0. The van der Waals surface area contributed by atoms with Crippen molar-refractivity contribution in [3.63, 3.8) is 0 Å². The van der Waals surface area contributed by atoms with Crippen LogP contribution in [0.1, 0.15) is 0 Å². The number of hydrogen-bond donors (Lipinski definition) is 3. The van der Waals surface area contributed by atoms with Crippen molar-refractivity contribution in [1.82, 2.24) is 0 Å². The minimum absolute atomic E-state index is 0. The van der Waals surface area contributed by atoms with E-state index in [1.165, 1.54) is 0 Å². The third kappa shape index (κ3) is 83.6. The van der Waals surface area contributed by atoms with Gasteiger partial charge in [0.05, 0.1) is 0 Å². The Balaban J connectivity index is -0.0000000267. The van der Waals surface area contributed by atoms with Gasteiger partial charge >= 0.3 is 75.1 Å². The Kier molecular flexibility index (Phi) is 26.1. The molecule has 8 heavy (non-hydrogen) atoms. The topological polar surface area (TPSA) is 77.8 Å². The fraction of sp³-hybridized carbons (Fsp3) is 0. The third-order valence-electron chi connectivity index (χ3n) is 0. The van der Waals surface area contributed by atoms with Crippen LogP contribution < -0.4 is 0 Å². The predicted molar refractivity (Wildman–Crippen MR) is 32.5 cm³/mol. The molecule has 3 N–H and O–H groups in total. The summed E-state index contributed by atoms with van der Waals surface area (Å²) < 4.78 is 8.88. The fourth-order valence-corrected chi connectivity index (χ4v) is 0. The van der Waals surface area contributed by atoms with Crippen LogP contribution in [0.25, 0.3) is 0 Å². The van der Waals surface area contributed by atoms with Crippen molar-refractivity contribution in [2.75, 3.05) is 0 Å². The first-order valence-electron chi connectivity index (χ1n) is 0.783. The van der Waals surface area contributed by atoms with Gasteiger partial charge in [-0.15, -0.1) is 0 Å². The van der Waals surface area contributed by atoms with E-state index in [1.54, 1.807) is 0 Å². The zero-order chi connectivity index (χ0) is 4.50. The monoisotopic (exact) mass is 184 g/mol. The van der Waals surface area contributed by atoms with Crippen LogP contribution in [0.4, 0.5) is 4.70 Å². The predicted octanol–water partition coefficient (Wildman–Crippen LogP) is -2.34. The zero-order valence-corrected chi connectivity index (χ0v) is 3.50. The molecule has 0 radical (unpaired) electrons. The van der Waals surface area contributed by atoms with Gasteiger partial charge in [-0.05, 0) is 0 Å². The Morgan fingerprint density at radius 3 is 1.12 bits per heavy atom. The van der Waals surface area contributed by atoms with E-state index < -0.39 is 7.82 Å². The number of phosphoric acid groups is 1. The van der Waals surface area contributed by atoms with Crippen LogP contribution in [-0.2, 0) is 4.57 Å². The maximum atomic E-state index is 8.88. The van der Waals surface area contributed by atoms with Crippen LogP contribution in [0.2, 0.25) is 0 Å². The summed E-state index contributed by atoms with van der Waals surface area (Å²) >= 11 is 0. The molecule has 4 nitrogen and oxygen atoms in total. The van der Waals surface area contributed by atoms with E-state index in [2.05, 4.69) is 0 Å². The second-order valence-electron chi connectivity index (χ2n) is 0.513. The first-order valence-corrected chi connectivity index (χ1v) is 2.35. The molecule has 0 aromatic heterocycles. The van der Waals surface area contributed by atoms with Crippen LogP contribution in [0.15, 0.2) is 0 Å². The van der Waals surface area contributed by atoms with Gasteiger partial charge in [0, 0.05) is 0 Å². The average molecular weight is 184 g/mol. The standard InChI is InChI=1S/Ca.FH.Na.H3O4P.3H/c;;;1-5(2,3)4;;;/h;1H;;(H3,1,2,3,4);;;. The Morgan fingerprint density at radius 1 is 1.12 bits per heavy atom. The van der Waals surface area contributed by atoms with Crippen molar-refractivity contribution in [3.05, 3.63) is 0 Å². The minimum atomic E-state index is -4.64. The zero-order valence-electron chi connectivity index (χ0n) is 2.61. The van der Waals surface area contributed by atoms with Crippen LogP contribution in [0.3, 0.4) is 0 Å². The van der Waals surface area contributed by atoms with Gasteiger partial charge in [0.15, 0.2) is 0 Å². The van der Waals surface area contributed by atoms with Gasteiger partial charge in [-0.25, -0.2) is 4.57 Å². The molecule has 0 aliphatic rings. The van der Waals surface area contributed by atoms with Crippen molar-refractivity contribution >= 4 is 75.1 Å². The van der Waals surface area contributed by atoms with E-state index in [1.807, 2.05) is 0 Å². The quantitative estimate of drug-likeness (QED) is 0.291. The second-order valence-corrected chi connectivity index (χ2v) is 1.54. The molecule has 0 unspecified atom stereocenters. The van der Waals surface area contributed by atoms with E-state index in [0.717, 1.165) is 0 Å². The molecule has 0 aromatic rings. The molecule has 0 heterocycles. The molecule has 46 valence electrons. The summed E-state index contributed by atoms with van der Waals surface area (Å²) in [5, 5.41) is 0. The molecule has 0 rings (SSSR count). The first-order chi connectivity index (χ1) is 2.00. The molecule has 0 bridgehead atoms. The summed E-state index contributed by atoms with van der Waals surface area (Å²) in [6.45, 7) is 0. The van der Waals surface area contributed by atoms with Crippen molar-refractivity contribution in [2.24, 2.45) is 0 Å².